The molecule has 0 aromatic rings. The summed E-state index contributed by atoms with van der Waals surface area (Å²) < 4.78 is 17.0. The molecule has 0 aliphatic rings. The number of allylic oxidation sites excluding steroid dienone is 16. The zero-order valence-electron chi connectivity index (χ0n) is 53.5. The lowest BCUT2D eigenvalue weighted by atomic mass is 10.0. The number of hydrogen-bond acceptors (Lipinski definition) is 6. The minimum atomic E-state index is -0.794. The number of carbonyl (C=O) groups is 3. The third-order valence-electron chi connectivity index (χ3n) is 15.0. The van der Waals surface area contributed by atoms with Crippen LogP contribution in [0.5, 0.6) is 0 Å². The molecule has 0 N–H and O–H groups in total. The van der Waals surface area contributed by atoms with Crippen LogP contribution in [0.25, 0.3) is 0 Å². The van der Waals surface area contributed by atoms with E-state index in [0.29, 0.717) is 19.3 Å². The first-order valence-electron chi connectivity index (χ1n) is 34.7. The lowest BCUT2D eigenvalue weighted by Gasteiger charge is -2.18. The fourth-order valence-corrected chi connectivity index (χ4v) is 9.85. The zero-order valence-corrected chi connectivity index (χ0v) is 53.5. The first-order chi connectivity index (χ1) is 40.0. The number of carbonyl (C=O) groups excluding carboxylic acids is 3. The molecular formula is C75H130O6. The predicted octanol–water partition coefficient (Wildman–Crippen LogP) is 24.0. The molecule has 0 spiro atoms. The van der Waals surface area contributed by atoms with Crippen LogP contribution in [-0.2, 0) is 28.6 Å². The van der Waals surface area contributed by atoms with E-state index in [1.807, 2.05) is 0 Å². The smallest absolute Gasteiger partial charge is 0.306 e. The van der Waals surface area contributed by atoms with Gasteiger partial charge in [0.15, 0.2) is 6.10 Å². The van der Waals surface area contributed by atoms with E-state index in [0.717, 1.165) is 122 Å². The van der Waals surface area contributed by atoms with Crippen LogP contribution in [0, 0.1) is 0 Å². The molecule has 1 atom stereocenters. The molecule has 0 amide bonds. The van der Waals surface area contributed by atoms with Gasteiger partial charge in [-0.3, -0.25) is 14.4 Å². The second kappa shape index (κ2) is 68.8. The van der Waals surface area contributed by atoms with Crippen LogP contribution in [0.3, 0.4) is 0 Å². The van der Waals surface area contributed by atoms with Crippen molar-refractivity contribution in [2.24, 2.45) is 0 Å². The molecule has 0 aromatic carbocycles. The summed E-state index contributed by atoms with van der Waals surface area (Å²) in [7, 11) is 0. The molecule has 81 heavy (non-hydrogen) atoms. The normalized spacial score (nSPS) is 12.7. The van der Waals surface area contributed by atoms with E-state index >= 15 is 0 Å². The summed E-state index contributed by atoms with van der Waals surface area (Å²) in [4.78, 5) is 38.4. The Morgan fingerprint density at radius 3 is 0.765 bits per heavy atom. The Bertz CT molecular complexity index is 1580. The van der Waals surface area contributed by atoms with E-state index in [1.54, 1.807) is 0 Å². The fraction of sp³-hybridized carbons (Fsp3) is 0.747. The van der Waals surface area contributed by atoms with Crippen LogP contribution in [0.2, 0.25) is 0 Å². The maximum atomic E-state index is 12.9. The number of esters is 3. The molecule has 0 aliphatic carbocycles. The van der Waals surface area contributed by atoms with Gasteiger partial charge in [0.1, 0.15) is 13.2 Å². The molecule has 0 saturated carbocycles. The van der Waals surface area contributed by atoms with Crippen molar-refractivity contribution >= 4 is 17.9 Å². The number of rotatable bonds is 63. The van der Waals surface area contributed by atoms with E-state index in [4.69, 9.17) is 14.2 Å². The first kappa shape index (κ1) is 77.3. The predicted molar refractivity (Wildman–Crippen MR) is 353 cm³/mol. The van der Waals surface area contributed by atoms with Gasteiger partial charge in [-0.2, -0.15) is 0 Å². The Balaban J connectivity index is 4.34. The highest BCUT2D eigenvalue weighted by Gasteiger charge is 2.19. The van der Waals surface area contributed by atoms with Crippen LogP contribution in [0.15, 0.2) is 97.2 Å². The molecule has 0 aliphatic heterocycles. The Hall–Kier alpha value is -3.67. The van der Waals surface area contributed by atoms with Gasteiger partial charge >= 0.3 is 17.9 Å². The first-order valence-corrected chi connectivity index (χ1v) is 34.7. The minimum absolute atomic E-state index is 0.0866. The largest absolute Gasteiger partial charge is 0.462 e. The van der Waals surface area contributed by atoms with E-state index in [-0.39, 0.29) is 31.1 Å². The molecular weight excluding hydrogens is 997 g/mol. The van der Waals surface area contributed by atoms with E-state index in [2.05, 4.69) is 118 Å². The van der Waals surface area contributed by atoms with Crippen LogP contribution < -0.4 is 0 Å². The standard InChI is InChI=1S/C75H130O6/c1-4-7-10-13-16-19-22-25-28-30-32-34-35-36-37-38-39-41-42-44-47-50-53-56-59-62-65-68-74(77)80-71-72(70-79-73(76)67-64-61-58-55-52-49-46-27-24-21-18-15-12-9-6-3)81-75(78)69-66-63-60-57-54-51-48-45-43-40-33-31-29-26-23-20-17-14-11-8-5-2/h8,11,17,20,22,25-27,29-30,32-33,40,45-46,48,72H,4-7,9-10,12-16,18-19,21,23-24,28,31,34-39,41-44,47,49-71H2,1-3H3/b11-8-,20-17-,25-22-,29-26-,32-30-,40-33-,46-27-,48-45-. The second-order valence-electron chi connectivity index (χ2n) is 23.1. The van der Waals surface area contributed by atoms with E-state index in [9.17, 15) is 14.4 Å². The maximum Gasteiger partial charge on any atom is 0.306 e. The van der Waals surface area contributed by atoms with Crippen LogP contribution in [-0.4, -0.2) is 37.2 Å². The van der Waals surface area contributed by atoms with Gasteiger partial charge in [0.25, 0.3) is 0 Å². The van der Waals surface area contributed by atoms with Crippen molar-refractivity contribution in [1.82, 2.24) is 0 Å². The third-order valence-corrected chi connectivity index (χ3v) is 15.0. The highest BCUT2D eigenvalue weighted by atomic mass is 16.6. The van der Waals surface area contributed by atoms with Gasteiger partial charge in [-0.1, -0.05) is 298 Å². The SMILES string of the molecule is CC/C=C\C/C=C\C/C=C\C/C=C\C/C=C\CCCCCCCC(=O)OC(COC(=O)CCCCCCC/C=C\CCCCCCCC)COC(=O)CCCCCCCCCCCCCCCCC/C=C\C/C=C\CCCCCCC. The van der Waals surface area contributed by atoms with Gasteiger partial charge in [-0.15, -0.1) is 0 Å². The summed E-state index contributed by atoms with van der Waals surface area (Å²) in [5.41, 5.74) is 0. The summed E-state index contributed by atoms with van der Waals surface area (Å²) in [6.07, 6.45) is 92.8. The van der Waals surface area contributed by atoms with Gasteiger partial charge in [-0.05, 0) is 122 Å². The Morgan fingerprint density at radius 1 is 0.259 bits per heavy atom. The van der Waals surface area contributed by atoms with Crippen molar-refractivity contribution in [3.63, 3.8) is 0 Å². The summed E-state index contributed by atoms with van der Waals surface area (Å²) in [6, 6.07) is 0. The minimum Gasteiger partial charge on any atom is -0.462 e. The molecule has 0 bridgehead atoms. The summed E-state index contributed by atoms with van der Waals surface area (Å²) in [5.74, 6) is -0.900. The molecule has 0 fully saturated rings. The van der Waals surface area contributed by atoms with Gasteiger partial charge in [0.2, 0.25) is 0 Å². The molecule has 0 saturated heterocycles. The molecule has 0 rings (SSSR count). The van der Waals surface area contributed by atoms with Crippen molar-refractivity contribution in [3.8, 4) is 0 Å². The van der Waals surface area contributed by atoms with Crippen LogP contribution in [0.4, 0.5) is 0 Å². The summed E-state index contributed by atoms with van der Waals surface area (Å²) >= 11 is 0. The van der Waals surface area contributed by atoms with Crippen LogP contribution >= 0.6 is 0 Å². The summed E-state index contributed by atoms with van der Waals surface area (Å²) in [5, 5.41) is 0. The Labute approximate surface area is 502 Å². The average Bonchev–Trinajstić information content (AvgIpc) is 3.47. The molecule has 466 valence electrons. The summed E-state index contributed by atoms with van der Waals surface area (Å²) in [6.45, 7) is 6.53. The number of hydrogen-bond donors (Lipinski definition) is 0. The lowest BCUT2D eigenvalue weighted by Crippen LogP contribution is -2.30. The van der Waals surface area contributed by atoms with Crippen molar-refractivity contribution in [2.45, 2.75) is 348 Å². The van der Waals surface area contributed by atoms with Gasteiger partial charge < -0.3 is 14.2 Å². The molecule has 6 heteroatoms. The fourth-order valence-electron chi connectivity index (χ4n) is 9.85. The maximum absolute atomic E-state index is 12.9. The molecule has 0 radical (unpaired) electrons. The van der Waals surface area contributed by atoms with E-state index < -0.39 is 6.10 Å². The van der Waals surface area contributed by atoms with Crippen LogP contribution in [0.1, 0.15) is 342 Å². The monoisotopic (exact) mass is 1130 g/mol. The lowest BCUT2D eigenvalue weighted by molar-refractivity contribution is -0.167. The third kappa shape index (κ3) is 67.0. The molecule has 1 unspecified atom stereocenters. The second-order valence-corrected chi connectivity index (χ2v) is 23.1. The molecule has 6 nitrogen and oxygen atoms in total. The zero-order chi connectivity index (χ0) is 58.5. The van der Waals surface area contributed by atoms with E-state index in [1.165, 1.54) is 180 Å². The molecule has 0 heterocycles. The van der Waals surface area contributed by atoms with Crippen molar-refractivity contribution in [1.29, 1.82) is 0 Å². The quantitative estimate of drug-likeness (QED) is 0.0261. The number of unbranched alkanes of at least 4 members (excludes halogenated alkanes) is 36. The highest BCUT2D eigenvalue weighted by molar-refractivity contribution is 5.71. The average molecular weight is 1130 g/mol. The topological polar surface area (TPSA) is 78.9 Å². The van der Waals surface area contributed by atoms with Crippen molar-refractivity contribution in [3.05, 3.63) is 97.2 Å². The Morgan fingerprint density at radius 2 is 0.481 bits per heavy atom. The van der Waals surface area contributed by atoms with Gasteiger partial charge in [0, 0.05) is 19.3 Å². The Kier molecular flexibility index (Phi) is 65.7. The van der Waals surface area contributed by atoms with Crippen molar-refractivity contribution < 1.29 is 28.6 Å². The van der Waals surface area contributed by atoms with Crippen molar-refractivity contribution in [2.75, 3.05) is 13.2 Å². The van der Waals surface area contributed by atoms with Gasteiger partial charge in [-0.25, -0.2) is 0 Å². The van der Waals surface area contributed by atoms with Gasteiger partial charge in [0.05, 0.1) is 0 Å². The number of ether oxygens (including phenoxy) is 3. The molecule has 0 aromatic heterocycles. The highest BCUT2D eigenvalue weighted by Crippen LogP contribution is 2.17.